The van der Waals surface area contributed by atoms with Gasteiger partial charge in [0.2, 0.25) is 0 Å². The second-order valence-corrected chi connectivity index (χ2v) is 10.1. The minimum atomic E-state index is -0.422. The normalized spacial score (nSPS) is 19.9. The van der Waals surface area contributed by atoms with Crippen molar-refractivity contribution in [1.82, 2.24) is 20.2 Å². The van der Waals surface area contributed by atoms with Crippen LogP contribution in [0.4, 0.5) is 22.0 Å². The summed E-state index contributed by atoms with van der Waals surface area (Å²) in [6.07, 6.45) is 11.5. The Bertz CT molecular complexity index is 1400. The van der Waals surface area contributed by atoms with Crippen LogP contribution < -0.4 is 20.4 Å². The van der Waals surface area contributed by atoms with Crippen LogP contribution in [-0.4, -0.2) is 71.7 Å². The van der Waals surface area contributed by atoms with Gasteiger partial charge in [-0.3, -0.25) is 4.98 Å². The Hall–Kier alpha value is -4.34. The number of rotatable bonds is 5. The molecule has 0 radical (unpaired) electrons. The molecule has 0 aliphatic carbocycles. The molecule has 5 rings (SSSR count). The van der Waals surface area contributed by atoms with E-state index in [0.29, 0.717) is 35.9 Å². The lowest BCUT2D eigenvalue weighted by Gasteiger charge is -2.44. The lowest BCUT2D eigenvalue weighted by molar-refractivity contribution is 0.185. The summed E-state index contributed by atoms with van der Waals surface area (Å²) >= 11 is 0. The number of pyridine rings is 2. The van der Waals surface area contributed by atoms with E-state index in [1.54, 1.807) is 23.4 Å². The maximum atomic E-state index is 13.3. The predicted octanol–water partition coefficient (Wildman–Crippen LogP) is 3.82. The first-order chi connectivity index (χ1) is 19.0. The van der Waals surface area contributed by atoms with Crippen LogP contribution in [0.1, 0.15) is 32.3 Å². The van der Waals surface area contributed by atoms with E-state index in [4.69, 9.17) is 6.42 Å². The summed E-state index contributed by atoms with van der Waals surface area (Å²) in [5.74, 6) is 3.73. The van der Waals surface area contributed by atoms with Crippen LogP contribution in [0, 0.1) is 23.7 Å². The Morgan fingerprint density at radius 1 is 1.15 bits per heavy atom. The third-order valence-corrected chi connectivity index (χ3v) is 7.68. The Balaban J connectivity index is 1.26. The molecule has 39 heavy (non-hydrogen) atoms. The number of terminal acetylenes is 1. The molecule has 2 aliphatic rings. The van der Waals surface area contributed by atoms with Crippen LogP contribution in [0.3, 0.4) is 0 Å². The molecular formula is C30H34N8O. The van der Waals surface area contributed by atoms with Gasteiger partial charge in [0.15, 0.2) is 0 Å². The van der Waals surface area contributed by atoms with E-state index in [1.165, 1.54) is 0 Å². The van der Waals surface area contributed by atoms with E-state index in [0.717, 1.165) is 49.4 Å². The molecule has 2 N–H and O–H groups in total. The van der Waals surface area contributed by atoms with Gasteiger partial charge in [-0.1, -0.05) is 12.8 Å². The molecule has 2 amide bonds. The number of hydrogen-bond acceptors (Lipinski definition) is 7. The third-order valence-electron chi connectivity index (χ3n) is 7.68. The van der Waals surface area contributed by atoms with Gasteiger partial charge in [0, 0.05) is 49.0 Å². The third kappa shape index (κ3) is 5.45. The summed E-state index contributed by atoms with van der Waals surface area (Å²) in [4.78, 5) is 28.6. The van der Waals surface area contributed by atoms with Gasteiger partial charge in [-0.2, -0.15) is 5.26 Å². The van der Waals surface area contributed by atoms with Crippen molar-refractivity contribution in [1.29, 1.82) is 5.26 Å². The first-order valence-electron chi connectivity index (χ1n) is 13.5. The number of nitriles is 1. The minimum Gasteiger partial charge on any atom is -0.363 e. The van der Waals surface area contributed by atoms with Crippen molar-refractivity contribution < 1.29 is 4.79 Å². The van der Waals surface area contributed by atoms with E-state index in [-0.39, 0.29) is 12.1 Å². The molecule has 2 saturated heterocycles. The topological polar surface area (TPSA) is 100 Å². The predicted molar refractivity (Wildman–Crippen MR) is 155 cm³/mol. The summed E-state index contributed by atoms with van der Waals surface area (Å²) in [6, 6.07) is 13.6. The zero-order valence-corrected chi connectivity index (χ0v) is 22.5. The van der Waals surface area contributed by atoms with Crippen LogP contribution in [0.5, 0.6) is 0 Å². The van der Waals surface area contributed by atoms with Crippen LogP contribution in [0.15, 0.2) is 48.8 Å². The van der Waals surface area contributed by atoms with Gasteiger partial charge in [-0.05, 0) is 62.7 Å². The Morgan fingerprint density at radius 2 is 1.97 bits per heavy atom. The molecule has 2 aromatic heterocycles. The summed E-state index contributed by atoms with van der Waals surface area (Å²) in [5.41, 5.74) is 2.80. The molecule has 2 fully saturated rings. The van der Waals surface area contributed by atoms with E-state index >= 15 is 0 Å². The Labute approximate surface area is 229 Å². The molecule has 0 saturated carbocycles. The van der Waals surface area contributed by atoms with E-state index in [2.05, 4.69) is 56.2 Å². The highest BCUT2D eigenvalue weighted by Gasteiger charge is 2.34. The molecule has 1 aromatic carbocycles. The molecule has 3 aromatic rings. The van der Waals surface area contributed by atoms with Crippen molar-refractivity contribution in [3.8, 4) is 18.4 Å². The number of piperazine rings is 1. The van der Waals surface area contributed by atoms with Crippen LogP contribution in [0.2, 0.25) is 0 Å². The summed E-state index contributed by atoms with van der Waals surface area (Å²) in [7, 11) is 0. The molecule has 0 bridgehead atoms. The highest BCUT2D eigenvalue weighted by atomic mass is 16.2. The van der Waals surface area contributed by atoms with E-state index < -0.39 is 6.04 Å². The molecule has 0 spiro atoms. The molecule has 2 atom stereocenters. The zero-order valence-electron chi connectivity index (χ0n) is 22.5. The number of anilines is 3. The largest absolute Gasteiger partial charge is 0.363 e. The highest BCUT2D eigenvalue weighted by molar-refractivity contribution is 5.96. The molecular weight excluding hydrogens is 488 g/mol. The fourth-order valence-corrected chi connectivity index (χ4v) is 5.62. The van der Waals surface area contributed by atoms with Gasteiger partial charge in [-0.15, -0.1) is 6.42 Å². The van der Waals surface area contributed by atoms with Gasteiger partial charge >= 0.3 is 6.03 Å². The SMILES string of the molecule is C#C[C@@H]1CN(c2ccc(C#N)c3ncccc23)[C@@H](C)CN1C(=O)Nc1ccc(N2CCC(NCC)CC2)nc1. The number of nitrogens with one attached hydrogen (secondary N) is 2. The number of fused-ring (bicyclic) bond motifs is 1. The fourth-order valence-electron chi connectivity index (χ4n) is 5.62. The molecule has 0 unspecified atom stereocenters. The number of piperidine rings is 1. The van der Waals surface area contributed by atoms with Gasteiger partial charge in [0.05, 0.1) is 29.5 Å². The summed E-state index contributed by atoms with van der Waals surface area (Å²) < 4.78 is 0. The minimum absolute atomic E-state index is 0.00215. The van der Waals surface area contributed by atoms with Gasteiger partial charge in [0.25, 0.3) is 0 Å². The van der Waals surface area contributed by atoms with Crippen LogP contribution in [-0.2, 0) is 0 Å². The number of urea groups is 1. The highest BCUT2D eigenvalue weighted by Crippen LogP contribution is 2.32. The van der Waals surface area contributed by atoms with Crippen LogP contribution in [0.25, 0.3) is 10.9 Å². The number of nitrogens with zero attached hydrogens (tertiary/aromatic N) is 6. The second kappa shape index (κ2) is 11.6. The number of amides is 2. The Kier molecular flexibility index (Phi) is 7.81. The van der Waals surface area contributed by atoms with Crippen LogP contribution >= 0.6 is 0 Å². The molecule has 9 nitrogen and oxygen atoms in total. The van der Waals surface area contributed by atoms with Crippen molar-refractivity contribution >= 4 is 34.1 Å². The average molecular weight is 523 g/mol. The van der Waals surface area contributed by atoms with Gasteiger partial charge in [0.1, 0.15) is 17.9 Å². The standard InChI is InChI=1S/C30H34N8O/c1-4-25-20-37(27-10-8-22(17-31)29-26(27)7-6-14-33-29)21(3)19-38(25)30(39)35-24-9-11-28(34-18-24)36-15-12-23(13-16-36)32-5-2/h1,6-11,14,18,21,23,25,32H,5,12-13,15-16,19-20H2,2-3H3,(H,35,39)/t21-,25+/m0/s1. The number of carbonyl (C=O) groups is 1. The van der Waals surface area contributed by atoms with E-state index in [1.807, 2.05) is 30.3 Å². The van der Waals surface area contributed by atoms with E-state index in [9.17, 15) is 10.1 Å². The molecule has 9 heteroatoms. The average Bonchev–Trinajstić information content (AvgIpc) is 2.97. The van der Waals surface area contributed by atoms with Crippen molar-refractivity contribution in [3.63, 3.8) is 0 Å². The number of hydrogen-bond donors (Lipinski definition) is 2. The quantitative estimate of drug-likeness (QED) is 0.491. The lowest BCUT2D eigenvalue weighted by Crippen LogP contribution is -2.59. The van der Waals surface area contributed by atoms with Crippen molar-refractivity contribution in [2.24, 2.45) is 0 Å². The lowest BCUT2D eigenvalue weighted by atomic mass is 10.0. The fraction of sp³-hybridized carbons (Fsp3) is 0.400. The number of aromatic nitrogens is 2. The number of carbonyl (C=O) groups excluding carboxylic acids is 1. The smallest absolute Gasteiger partial charge is 0.323 e. The second-order valence-electron chi connectivity index (χ2n) is 10.1. The first kappa shape index (κ1) is 26.3. The summed E-state index contributed by atoms with van der Waals surface area (Å²) in [6.45, 7) is 8.07. The van der Waals surface area contributed by atoms with Gasteiger partial charge < -0.3 is 25.3 Å². The monoisotopic (exact) mass is 522 g/mol. The molecule has 200 valence electrons. The van der Waals surface area contributed by atoms with Crippen molar-refractivity contribution in [3.05, 3.63) is 54.4 Å². The first-order valence-corrected chi connectivity index (χ1v) is 13.5. The molecule has 4 heterocycles. The maximum absolute atomic E-state index is 13.3. The van der Waals surface area contributed by atoms with Crippen molar-refractivity contribution in [2.45, 2.75) is 44.8 Å². The van der Waals surface area contributed by atoms with Crippen molar-refractivity contribution in [2.75, 3.05) is 47.8 Å². The summed E-state index contributed by atoms with van der Waals surface area (Å²) in [5, 5.41) is 16.9. The maximum Gasteiger partial charge on any atom is 0.323 e. The molecule has 2 aliphatic heterocycles. The van der Waals surface area contributed by atoms with Gasteiger partial charge in [-0.25, -0.2) is 9.78 Å². The zero-order chi connectivity index (χ0) is 27.4. The Morgan fingerprint density at radius 3 is 2.67 bits per heavy atom. The number of benzene rings is 1.